The molecule has 1 aromatic heterocycles. The van der Waals surface area contributed by atoms with E-state index in [1.54, 1.807) is 6.07 Å². The first-order valence-corrected chi connectivity index (χ1v) is 8.75. The van der Waals surface area contributed by atoms with Gasteiger partial charge in [-0.3, -0.25) is 9.59 Å². The van der Waals surface area contributed by atoms with E-state index in [4.69, 9.17) is 0 Å². The standard InChI is InChI=1S/C19H23N3O3/c23-12-17(19(25)20-14-7-2-1-3-8-14)22-18(24)16-11-10-13-6-4-5-9-15(13)21-16/h4-6,9-11,14,17,23H,1-3,7-8,12H2,(H,20,25)(H,22,24). The van der Waals surface area contributed by atoms with Crippen LogP contribution < -0.4 is 10.6 Å². The zero-order chi connectivity index (χ0) is 17.6. The van der Waals surface area contributed by atoms with Crippen LogP contribution in [0.5, 0.6) is 0 Å². The van der Waals surface area contributed by atoms with Crippen molar-refractivity contribution in [1.82, 2.24) is 15.6 Å². The molecule has 1 saturated carbocycles. The number of benzene rings is 1. The summed E-state index contributed by atoms with van der Waals surface area (Å²) in [5.41, 5.74) is 0.935. The Kier molecular flexibility index (Phi) is 5.60. The molecule has 3 rings (SSSR count). The fourth-order valence-corrected chi connectivity index (χ4v) is 3.17. The highest BCUT2D eigenvalue weighted by molar-refractivity contribution is 5.97. The summed E-state index contributed by atoms with van der Waals surface area (Å²) in [6.45, 7) is -0.447. The first-order chi connectivity index (χ1) is 12.2. The number of hydrogen-bond acceptors (Lipinski definition) is 4. The van der Waals surface area contributed by atoms with Crippen molar-refractivity contribution in [3.8, 4) is 0 Å². The van der Waals surface area contributed by atoms with Crippen LogP contribution in [-0.2, 0) is 4.79 Å². The van der Waals surface area contributed by atoms with Crippen molar-refractivity contribution in [3.63, 3.8) is 0 Å². The van der Waals surface area contributed by atoms with E-state index >= 15 is 0 Å². The number of fused-ring (bicyclic) bond motifs is 1. The van der Waals surface area contributed by atoms with Crippen molar-refractivity contribution < 1.29 is 14.7 Å². The molecule has 1 fully saturated rings. The highest BCUT2D eigenvalue weighted by Crippen LogP contribution is 2.17. The van der Waals surface area contributed by atoms with Gasteiger partial charge in [0.05, 0.1) is 12.1 Å². The van der Waals surface area contributed by atoms with Gasteiger partial charge >= 0.3 is 0 Å². The van der Waals surface area contributed by atoms with E-state index in [2.05, 4.69) is 15.6 Å². The van der Waals surface area contributed by atoms with E-state index in [-0.39, 0.29) is 17.6 Å². The Bertz CT molecular complexity index is 756. The second kappa shape index (κ2) is 8.07. The zero-order valence-corrected chi connectivity index (χ0v) is 14.1. The number of aromatic nitrogens is 1. The molecule has 1 aliphatic carbocycles. The summed E-state index contributed by atoms with van der Waals surface area (Å²) in [6, 6.07) is 10.1. The summed E-state index contributed by atoms with van der Waals surface area (Å²) >= 11 is 0. The van der Waals surface area contributed by atoms with Gasteiger partial charge in [-0.15, -0.1) is 0 Å². The second-order valence-electron chi connectivity index (χ2n) is 6.44. The summed E-state index contributed by atoms with van der Waals surface area (Å²) in [7, 11) is 0. The number of nitrogens with one attached hydrogen (secondary N) is 2. The van der Waals surface area contributed by atoms with Crippen molar-refractivity contribution >= 4 is 22.7 Å². The van der Waals surface area contributed by atoms with E-state index in [9.17, 15) is 14.7 Å². The van der Waals surface area contributed by atoms with Crippen molar-refractivity contribution in [2.24, 2.45) is 0 Å². The van der Waals surface area contributed by atoms with Crippen LogP contribution in [0, 0.1) is 0 Å². The molecule has 0 aliphatic heterocycles. The van der Waals surface area contributed by atoms with Gasteiger partial charge in [0.2, 0.25) is 5.91 Å². The molecule has 6 nitrogen and oxygen atoms in total. The molecule has 6 heteroatoms. The van der Waals surface area contributed by atoms with Gasteiger partial charge in [-0.2, -0.15) is 0 Å². The highest BCUT2D eigenvalue weighted by atomic mass is 16.3. The van der Waals surface area contributed by atoms with E-state index in [0.717, 1.165) is 31.1 Å². The van der Waals surface area contributed by atoms with E-state index < -0.39 is 18.6 Å². The quantitative estimate of drug-likeness (QED) is 0.773. The van der Waals surface area contributed by atoms with Crippen LogP contribution in [0.1, 0.15) is 42.6 Å². The Labute approximate surface area is 146 Å². The molecule has 0 saturated heterocycles. The normalized spacial score (nSPS) is 16.4. The lowest BCUT2D eigenvalue weighted by atomic mass is 9.95. The summed E-state index contributed by atoms with van der Waals surface area (Å²) in [5.74, 6) is -0.813. The van der Waals surface area contributed by atoms with Gasteiger partial charge in [0.1, 0.15) is 11.7 Å². The molecule has 2 amide bonds. The third kappa shape index (κ3) is 4.33. The molecule has 0 spiro atoms. The lowest BCUT2D eigenvalue weighted by Crippen LogP contribution is -2.51. The maximum atomic E-state index is 12.4. The molecule has 0 radical (unpaired) electrons. The zero-order valence-electron chi connectivity index (χ0n) is 14.1. The van der Waals surface area contributed by atoms with Gasteiger partial charge in [-0.1, -0.05) is 43.5 Å². The first kappa shape index (κ1) is 17.4. The lowest BCUT2D eigenvalue weighted by molar-refractivity contribution is -0.124. The van der Waals surface area contributed by atoms with Gasteiger partial charge in [0.15, 0.2) is 0 Å². The Morgan fingerprint density at radius 3 is 2.64 bits per heavy atom. The molecule has 1 atom stereocenters. The molecular weight excluding hydrogens is 318 g/mol. The molecular formula is C19H23N3O3. The van der Waals surface area contributed by atoms with Crippen LogP contribution in [0.15, 0.2) is 36.4 Å². The van der Waals surface area contributed by atoms with Crippen molar-refractivity contribution in [2.75, 3.05) is 6.61 Å². The maximum Gasteiger partial charge on any atom is 0.270 e. The second-order valence-corrected chi connectivity index (χ2v) is 6.44. The molecule has 1 aromatic carbocycles. The SMILES string of the molecule is O=C(NC(CO)C(=O)NC1CCCCC1)c1ccc2ccccc2n1. The maximum absolute atomic E-state index is 12.4. The fourth-order valence-electron chi connectivity index (χ4n) is 3.17. The number of aliphatic hydroxyl groups excluding tert-OH is 1. The summed E-state index contributed by atoms with van der Waals surface area (Å²) in [4.78, 5) is 29.0. The van der Waals surface area contributed by atoms with Gasteiger partial charge in [-0.05, 0) is 25.0 Å². The third-order valence-electron chi connectivity index (χ3n) is 4.59. The monoisotopic (exact) mass is 341 g/mol. The Hall–Kier alpha value is -2.47. The van der Waals surface area contributed by atoms with Gasteiger partial charge in [0, 0.05) is 11.4 Å². The number of aliphatic hydroxyl groups is 1. The number of carbonyl (C=O) groups excluding carboxylic acids is 2. The van der Waals surface area contributed by atoms with Gasteiger partial charge < -0.3 is 15.7 Å². The summed E-state index contributed by atoms with van der Waals surface area (Å²) < 4.78 is 0. The molecule has 25 heavy (non-hydrogen) atoms. The van der Waals surface area contributed by atoms with Crippen LogP contribution in [0.2, 0.25) is 0 Å². The van der Waals surface area contributed by atoms with E-state index in [1.165, 1.54) is 6.42 Å². The number of rotatable bonds is 5. The Balaban J connectivity index is 1.64. The molecule has 3 N–H and O–H groups in total. The molecule has 1 heterocycles. The predicted molar refractivity (Wildman–Crippen MR) is 95.1 cm³/mol. The van der Waals surface area contributed by atoms with Gasteiger partial charge in [0.25, 0.3) is 5.91 Å². The minimum Gasteiger partial charge on any atom is -0.394 e. The topological polar surface area (TPSA) is 91.3 Å². The van der Waals surface area contributed by atoms with E-state index in [1.807, 2.05) is 30.3 Å². The number of hydrogen-bond donors (Lipinski definition) is 3. The van der Waals surface area contributed by atoms with Crippen molar-refractivity contribution in [1.29, 1.82) is 0 Å². The number of para-hydroxylation sites is 1. The summed E-state index contributed by atoms with van der Waals surface area (Å²) in [5, 5.41) is 15.9. The Morgan fingerprint density at radius 1 is 1.12 bits per heavy atom. The number of amides is 2. The molecule has 2 aromatic rings. The minimum atomic E-state index is -0.970. The fraction of sp³-hybridized carbons (Fsp3) is 0.421. The van der Waals surface area contributed by atoms with Crippen LogP contribution in [0.25, 0.3) is 10.9 Å². The molecule has 1 aliphatic rings. The number of carbonyl (C=O) groups is 2. The van der Waals surface area contributed by atoms with E-state index in [0.29, 0.717) is 5.52 Å². The Morgan fingerprint density at radius 2 is 1.88 bits per heavy atom. The minimum absolute atomic E-state index is 0.131. The van der Waals surface area contributed by atoms with Crippen LogP contribution >= 0.6 is 0 Å². The predicted octanol–water partition coefficient (Wildman–Crippen LogP) is 1.77. The number of nitrogens with zero attached hydrogens (tertiary/aromatic N) is 1. The van der Waals surface area contributed by atoms with Gasteiger partial charge in [-0.25, -0.2) is 4.98 Å². The molecule has 1 unspecified atom stereocenters. The summed E-state index contributed by atoms with van der Waals surface area (Å²) in [6.07, 6.45) is 5.29. The smallest absolute Gasteiger partial charge is 0.270 e. The molecule has 0 bridgehead atoms. The average Bonchev–Trinajstić information content (AvgIpc) is 2.66. The van der Waals surface area contributed by atoms with Crippen LogP contribution in [-0.4, -0.2) is 40.6 Å². The third-order valence-corrected chi connectivity index (χ3v) is 4.59. The highest BCUT2D eigenvalue weighted by Gasteiger charge is 2.24. The van der Waals surface area contributed by atoms with Crippen LogP contribution in [0.3, 0.4) is 0 Å². The lowest BCUT2D eigenvalue weighted by Gasteiger charge is -2.25. The first-order valence-electron chi connectivity index (χ1n) is 8.75. The molecule has 132 valence electrons. The largest absolute Gasteiger partial charge is 0.394 e. The van der Waals surface area contributed by atoms with Crippen molar-refractivity contribution in [3.05, 3.63) is 42.1 Å². The number of pyridine rings is 1. The average molecular weight is 341 g/mol. The van der Waals surface area contributed by atoms with Crippen LogP contribution in [0.4, 0.5) is 0 Å². The van der Waals surface area contributed by atoms with Crippen molar-refractivity contribution in [2.45, 2.75) is 44.2 Å².